The van der Waals surface area contributed by atoms with Crippen molar-refractivity contribution in [3.05, 3.63) is 59.3 Å². The molecule has 1 saturated carbocycles. The minimum absolute atomic E-state index is 0.00506. The van der Waals surface area contributed by atoms with Crippen LogP contribution < -0.4 is 4.74 Å². The largest absolute Gasteiger partial charge is 0.459 e. The molecule has 12 heteroatoms. The molecule has 210 valence electrons. The summed E-state index contributed by atoms with van der Waals surface area (Å²) in [6, 6.07) is 7.40. The summed E-state index contributed by atoms with van der Waals surface area (Å²) in [5, 5.41) is 11.9. The SMILES string of the molecule is [C-]#[N+]c1c(C(=O)OC2C(C)CC(C)CC2C)c2nc(-c3ccc(C)cc3)[nH]n2c1OC(=O)N(C(=C)OO)C(C)=O. The summed E-state index contributed by atoms with van der Waals surface area (Å²) in [5.41, 5.74) is 1.18. The van der Waals surface area contributed by atoms with Crippen LogP contribution in [0.2, 0.25) is 0 Å². The normalized spacial score (nSPS) is 20.4. The molecule has 2 heterocycles. The Labute approximate surface area is 230 Å². The lowest BCUT2D eigenvalue weighted by atomic mass is 9.75. The van der Waals surface area contributed by atoms with Crippen molar-refractivity contribution >= 4 is 29.3 Å². The maximum absolute atomic E-state index is 13.7. The van der Waals surface area contributed by atoms with E-state index < -0.39 is 29.7 Å². The minimum atomic E-state index is -1.33. The average molecular weight is 550 g/mol. The van der Waals surface area contributed by atoms with Crippen molar-refractivity contribution in [1.82, 2.24) is 19.5 Å². The van der Waals surface area contributed by atoms with Crippen LogP contribution in [-0.4, -0.2) is 48.8 Å². The molecule has 2 unspecified atom stereocenters. The van der Waals surface area contributed by atoms with Crippen LogP contribution in [0.3, 0.4) is 0 Å². The number of fused-ring (bicyclic) bond motifs is 1. The molecule has 1 aliphatic carbocycles. The molecule has 0 aliphatic heterocycles. The van der Waals surface area contributed by atoms with Crippen LogP contribution in [0.4, 0.5) is 10.5 Å². The van der Waals surface area contributed by atoms with E-state index in [-0.39, 0.29) is 34.8 Å². The predicted molar refractivity (Wildman–Crippen MR) is 143 cm³/mol. The summed E-state index contributed by atoms with van der Waals surface area (Å²) >= 11 is 0. The summed E-state index contributed by atoms with van der Waals surface area (Å²) in [6.45, 7) is 20.3. The van der Waals surface area contributed by atoms with Gasteiger partial charge in [0.25, 0.3) is 5.69 Å². The highest BCUT2D eigenvalue weighted by Gasteiger charge is 2.38. The Morgan fingerprint density at radius 1 is 1.18 bits per heavy atom. The first kappa shape index (κ1) is 28.4. The third kappa shape index (κ3) is 5.28. The topological polar surface area (TPSA) is 140 Å². The number of nitrogens with one attached hydrogen (secondary N) is 1. The summed E-state index contributed by atoms with van der Waals surface area (Å²) < 4.78 is 12.6. The van der Waals surface area contributed by atoms with Crippen molar-refractivity contribution in [2.24, 2.45) is 17.8 Å². The smallest absolute Gasteiger partial charge is 0.429 e. The van der Waals surface area contributed by atoms with Gasteiger partial charge in [-0.1, -0.05) is 50.6 Å². The molecule has 1 aromatic carbocycles. The molecule has 0 radical (unpaired) electrons. The summed E-state index contributed by atoms with van der Waals surface area (Å²) in [6.07, 6.45) is 0.0793. The fraction of sp³-hybridized carbons (Fsp3) is 0.393. The summed E-state index contributed by atoms with van der Waals surface area (Å²) in [5.74, 6) is -1.74. The van der Waals surface area contributed by atoms with Gasteiger partial charge in [0.1, 0.15) is 11.7 Å². The van der Waals surface area contributed by atoms with E-state index in [0.717, 1.165) is 25.3 Å². The first-order valence-corrected chi connectivity index (χ1v) is 12.8. The average Bonchev–Trinajstić information content (AvgIpc) is 3.43. The Morgan fingerprint density at radius 2 is 1.80 bits per heavy atom. The molecule has 0 saturated heterocycles. The van der Waals surface area contributed by atoms with E-state index in [1.54, 1.807) is 0 Å². The van der Waals surface area contributed by atoms with Crippen LogP contribution in [0.5, 0.6) is 5.88 Å². The second-order valence-corrected chi connectivity index (χ2v) is 10.3. The van der Waals surface area contributed by atoms with E-state index in [1.165, 1.54) is 4.52 Å². The predicted octanol–water partition coefficient (Wildman–Crippen LogP) is 5.72. The lowest BCUT2D eigenvalue weighted by molar-refractivity contribution is -0.220. The van der Waals surface area contributed by atoms with E-state index in [2.05, 4.69) is 33.3 Å². The Bertz CT molecular complexity index is 1500. The Kier molecular flexibility index (Phi) is 7.97. The molecule has 1 fully saturated rings. The van der Waals surface area contributed by atoms with Crippen molar-refractivity contribution < 1.29 is 34.0 Å². The van der Waals surface area contributed by atoms with Crippen LogP contribution in [0.15, 0.2) is 36.7 Å². The van der Waals surface area contributed by atoms with Crippen molar-refractivity contribution in [2.75, 3.05) is 0 Å². The van der Waals surface area contributed by atoms with Crippen LogP contribution in [0.1, 0.15) is 56.5 Å². The molecule has 12 nitrogen and oxygen atoms in total. The molecule has 2 N–H and O–H groups in total. The van der Waals surface area contributed by atoms with Gasteiger partial charge in [0.05, 0.1) is 6.57 Å². The number of hydrogen-bond acceptors (Lipinski definition) is 8. The number of imide groups is 1. The molecule has 0 spiro atoms. The Morgan fingerprint density at radius 3 is 2.35 bits per heavy atom. The number of benzene rings is 1. The van der Waals surface area contributed by atoms with Gasteiger partial charge in [0.2, 0.25) is 17.7 Å². The van der Waals surface area contributed by atoms with Gasteiger partial charge in [-0.15, -0.1) is 0 Å². The third-order valence-electron chi connectivity index (χ3n) is 7.10. The monoisotopic (exact) mass is 549 g/mol. The van der Waals surface area contributed by atoms with E-state index in [9.17, 15) is 14.4 Å². The molecular formula is C28H31N5O7. The van der Waals surface area contributed by atoms with Crippen molar-refractivity contribution in [3.63, 3.8) is 0 Å². The van der Waals surface area contributed by atoms with E-state index in [0.29, 0.717) is 22.2 Å². The summed E-state index contributed by atoms with van der Waals surface area (Å²) in [7, 11) is 0. The number of aromatic amines is 1. The number of amides is 2. The standard InChI is InChI=1S/C28H31N5O7/c1-14-8-10-20(11-9-14)24-30-25-21(27(35)38-23-16(3)12-15(2)13-17(23)4)22(29-7)26(33(25)31-24)39-28(36)32(18(5)34)19(6)40-37/h8-11,15-17,23,37H,6,12-13H2,1-5H3,(H,30,31). The van der Waals surface area contributed by atoms with Gasteiger partial charge in [-0.25, -0.2) is 29.2 Å². The highest BCUT2D eigenvalue weighted by atomic mass is 17.1. The maximum Gasteiger partial charge on any atom is 0.429 e. The van der Waals surface area contributed by atoms with E-state index in [1.807, 2.05) is 45.0 Å². The van der Waals surface area contributed by atoms with Gasteiger partial charge in [-0.05, 0) is 44.1 Å². The second-order valence-electron chi connectivity index (χ2n) is 10.3. The van der Waals surface area contributed by atoms with Crippen LogP contribution in [0.25, 0.3) is 21.9 Å². The number of hydrogen-bond donors (Lipinski definition) is 2. The second kappa shape index (κ2) is 11.2. The Hall–Kier alpha value is -4.63. The van der Waals surface area contributed by atoms with E-state index >= 15 is 0 Å². The van der Waals surface area contributed by atoms with Crippen LogP contribution in [-0.2, 0) is 14.4 Å². The molecule has 2 aromatic heterocycles. The summed E-state index contributed by atoms with van der Waals surface area (Å²) in [4.78, 5) is 51.0. The van der Waals surface area contributed by atoms with Crippen molar-refractivity contribution in [3.8, 4) is 17.3 Å². The number of rotatable bonds is 6. The zero-order chi connectivity index (χ0) is 29.3. The number of aromatic nitrogens is 3. The molecule has 2 atom stereocenters. The number of carbonyl (C=O) groups excluding carboxylic acids is 3. The van der Waals surface area contributed by atoms with Gasteiger partial charge in [0, 0.05) is 12.5 Å². The molecule has 4 rings (SSSR count). The quantitative estimate of drug-likeness (QED) is 0.131. The first-order chi connectivity index (χ1) is 19.0. The van der Waals surface area contributed by atoms with Gasteiger partial charge in [-0.2, -0.15) is 4.90 Å². The van der Waals surface area contributed by atoms with Crippen molar-refractivity contribution in [2.45, 2.75) is 53.6 Å². The minimum Gasteiger partial charge on any atom is -0.459 e. The highest BCUT2D eigenvalue weighted by molar-refractivity contribution is 6.05. The number of ether oxygens (including phenoxy) is 2. The van der Waals surface area contributed by atoms with Gasteiger partial charge >= 0.3 is 12.1 Å². The molecule has 3 aromatic rings. The van der Waals surface area contributed by atoms with Crippen molar-refractivity contribution in [1.29, 1.82) is 0 Å². The lowest BCUT2D eigenvalue weighted by Crippen LogP contribution is -2.37. The Balaban J connectivity index is 1.83. The fourth-order valence-corrected chi connectivity index (χ4v) is 5.38. The fourth-order valence-electron chi connectivity index (χ4n) is 5.38. The first-order valence-electron chi connectivity index (χ1n) is 12.8. The number of nitrogens with zero attached hydrogens (tertiary/aromatic N) is 4. The molecule has 2 amide bonds. The highest BCUT2D eigenvalue weighted by Crippen LogP contribution is 2.41. The third-order valence-corrected chi connectivity index (χ3v) is 7.10. The maximum atomic E-state index is 13.7. The zero-order valence-electron chi connectivity index (χ0n) is 22.9. The number of esters is 1. The number of carbonyl (C=O) groups is 3. The molecular weight excluding hydrogens is 518 g/mol. The molecule has 1 aliphatic rings. The molecule has 0 bridgehead atoms. The van der Waals surface area contributed by atoms with Crippen LogP contribution >= 0.6 is 0 Å². The number of H-pyrrole nitrogens is 1. The van der Waals surface area contributed by atoms with Gasteiger partial charge in [-0.3, -0.25) is 9.89 Å². The zero-order valence-corrected chi connectivity index (χ0v) is 22.9. The van der Waals surface area contributed by atoms with Gasteiger partial charge < -0.3 is 14.4 Å². The lowest BCUT2D eigenvalue weighted by Gasteiger charge is -2.37. The van der Waals surface area contributed by atoms with E-state index in [4.69, 9.17) is 21.3 Å². The van der Waals surface area contributed by atoms with Gasteiger partial charge in [0.15, 0.2) is 11.5 Å². The molecule has 40 heavy (non-hydrogen) atoms. The number of aryl methyl sites for hydroxylation is 1. The van der Waals surface area contributed by atoms with Crippen LogP contribution in [0, 0.1) is 31.2 Å².